The standard InChI is InChI=1S/C21H25ClN6O3S/c22-13-8-23-17(24-9-13)12-6-14-2-3-15(7-12)28(14)20-25-18(27-21(10-29)4-1-5-21)16-19(26-20)31-11-32(16)30/h8-9,12,14-15,29H,1-7,10-11H2,(H,25,26,27)/t12?,14?,15?,32-/m0/s1. The zero-order valence-electron chi connectivity index (χ0n) is 17.5. The maximum atomic E-state index is 12.6. The molecule has 0 amide bonds. The molecule has 6 rings (SSSR count). The highest BCUT2D eigenvalue weighted by molar-refractivity contribution is 7.85. The number of fused-ring (bicyclic) bond motifs is 3. The van der Waals surface area contributed by atoms with Gasteiger partial charge in [-0.1, -0.05) is 11.6 Å². The second-order valence-electron chi connectivity index (χ2n) is 9.25. The molecular weight excluding hydrogens is 452 g/mol. The van der Waals surface area contributed by atoms with Gasteiger partial charge >= 0.3 is 0 Å². The lowest BCUT2D eigenvalue weighted by atomic mass is 9.77. The Morgan fingerprint density at radius 1 is 1.22 bits per heavy atom. The molecule has 5 heterocycles. The van der Waals surface area contributed by atoms with Gasteiger partial charge in [-0.2, -0.15) is 9.97 Å². The Hall–Kier alpha value is -2.04. The molecule has 2 aromatic heterocycles. The van der Waals surface area contributed by atoms with E-state index in [9.17, 15) is 9.32 Å². The number of ether oxygens (including phenoxy) is 1. The van der Waals surface area contributed by atoms with Crippen LogP contribution in [0.2, 0.25) is 5.02 Å². The van der Waals surface area contributed by atoms with Crippen LogP contribution in [0.4, 0.5) is 11.8 Å². The van der Waals surface area contributed by atoms with E-state index >= 15 is 0 Å². The highest BCUT2D eigenvalue weighted by Crippen LogP contribution is 2.46. The summed E-state index contributed by atoms with van der Waals surface area (Å²) in [5, 5.41) is 13.9. The Balaban J connectivity index is 1.31. The van der Waals surface area contributed by atoms with Gasteiger partial charge in [-0.3, -0.25) is 4.21 Å². The average Bonchev–Trinajstić information content (AvgIpc) is 3.27. The molecule has 3 aliphatic heterocycles. The maximum Gasteiger partial charge on any atom is 0.238 e. The van der Waals surface area contributed by atoms with E-state index in [1.807, 2.05) is 0 Å². The van der Waals surface area contributed by atoms with Crippen LogP contribution in [0.5, 0.6) is 5.88 Å². The fourth-order valence-electron chi connectivity index (χ4n) is 5.51. The maximum absolute atomic E-state index is 12.6. The second-order valence-corrected chi connectivity index (χ2v) is 11.0. The summed E-state index contributed by atoms with van der Waals surface area (Å²) in [5.41, 5.74) is -0.399. The van der Waals surface area contributed by atoms with Crippen LogP contribution in [0.15, 0.2) is 17.3 Å². The van der Waals surface area contributed by atoms with Crippen LogP contribution < -0.4 is 15.0 Å². The van der Waals surface area contributed by atoms with Gasteiger partial charge in [0.2, 0.25) is 11.8 Å². The number of aliphatic hydroxyl groups excluding tert-OH is 1. The molecule has 3 atom stereocenters. The molecule has 3 fully saturated rings. The number of halogens is 1. The fourth-order valence-corrected chi connectivity index (χ4v) is 6.56. The number of aromatic nitrogens is 4. The van der Waals surface area contributed by atoms with E-state index in [-0.39, 0.29) is 30.5 Å². The Labute approximate surface area is 193 Å². The predicted octanol–water partition coefficient (Wildman–Crippen LogP) is 2.62. The summed E-state index contributed by atoms with van der Waals surface area (Å²) in [4.78, 5) is 21.3. The van der Waals surface area contributed by atoms with Crippen LogP contribution in [0, 0.1) is 0 Å². The Kier molecular flexibility index (Phi) is 5.00. The van der Waals surface area contributed by atoms with Crippen LogP contribution in [0.3, 0.4) is 0 Å². The Morgan fingerprint density at radius 2 is 1.94 bits per heavy atom. The van der Waals surface area contributed by atoms with Crippen LogP contribution >= 0.6 is 11.6 Å². The fraction of sp³-hybridized carbons (Fsp3) is 0.619. The molecule has 2 bridgehead atoms. The SMILES string of the molecule is O=[S@]1COc2nc(N3C4CCC3CC(c3ncc(Cl)cn3)C4)nc(NC3(CO)CCC3)c21. The van der Waals surface area contributed by atoms with Crippen LogP contribution in [-0.2, 0) is 10.8 Å². The lowest BCUT2D eigenvalue weighted by Gasteiger charge is -2.42. The first kappa shape index (κ1) is 20.6. The van der Waals surface area contributed by atoms with Crippen molar-refractivity contribution in [3.05, 3.63) is 23.2 Å². The molecule has 0 spiro atoms. The van der Waals surface area contributed by atoms with Gasteiger partial charge in [0.15, 0.2) is 11.8 Å². The number of rotatable bonds is 5. The zero-order chi connectivity index (χ0) is 21.9. The van der Waals surface area contributed by atoms with Crippen LogP contribution in [0.25, 0.3) is 0 Å². The molecule has 0 aromatic carbocycles. The van der Waals surface area contributed by atoms with Gasteiger partial charge in [0.05, 0.1) is 17.2 Å². The van der Waals surface area contributed by atoms with E-state index in [1.54, 1.807) is 12.4 Å². The van der Waals surface area contributed by atoms with E-state index in [0.29, 0.717) is 27.6 Å². The normalized spacial score (nSPS) is 29.9. The molecule has 2 unspecified atom stereocenters. The smallest absolute Gasteiger partial charge is 0.238 e. The molecule has 2 aromatic rings. The first-order valence-electron chi connectivity index (χ1n) is 11.1. The summed E-state index contributed by atoms with van der Waals surface area (Å²) < 4.78 is 18.2. The third-order valence-electron chi connectivity index (χ3n) is 7.32. The molecule has 11 heteroatoms. The number of nitrogens with zero attached hydrogens (tertiary/aromatic N) is 5. The topological polar surface area (TPSA) is 113 Å². The minimum Gasteiger partial charge on any atom is -0.463 e. The zero-order valence-corrected chi connectivity index (χ0v) is 19.1. The second kappa shape index (κ2) is 7.78. The molecule has 9 nitrogen and oxygen atoms in total. The van der Waals surface area contributed by atoms with Crippen LogP contribution in [0.1, 0.15) is 56.7 Å². The van der Waals surface area contributed by atoms with E-state index in [2.05, 4.69) is 25.2 Å². The third kappa shape index (κ3) is 3.34. The van der Waals surface area contributed by atoms with Crippen LogP contribution in [-0.4, -0.2) is 59.4 Å². The number of aliphatic hydroxyl groups is 1. The summed E-state index contributed by atoms with van der Waals surface area (Å²) in [6.45, 7) is 0.0202. The van der Waals surface area contributed by atoms with E-state index in [4.69, 9.17) is 21.3 Å². The summed E-state index contributed by atoms with van der Waals surface area (Å²) >= 11 is 5.96. The average molecular weight is 477 g/mol. The number of hydrogen-bond donors (Lipinski definition) is 2. The molecule has 170 valence electrons. The van der Waals surface area contributed by atoms with Gasteiger partial charge in [0, 0.05) is 30.4 Å². The monoisotopic (exact) mass is 476 g/mol. The summed E-state index contributed by atoms with van der Waals surface area (Å²) in [6, 6.07) is 0.567. The number of piperidine rings is 1. The number of hydrogen-bond acceptors (Lipinski definition) is 9. The molecule has 32 heavy (non-hydrogen) atoms. The minimum absolute atomic E-state index is 0.0202. The van der Waals surface area contributed by atoms with Crippen molar-refractivity contribution in [1.29, 1.82) is 0 Å². The van der Waals surface area contributed by atoms with Crippen molar-refractivity contribution < 1.29 is 14.1 Å². The van der Waals surface area contributed by atoms with Crippen molar-refractivity contribution in [3.63, 3.8) is 0 Å². The van der Waals surface area contributed by atoms with E-state index < -0.39 is 16.3 Å². The van der Waals surface area contributed by atoms with Gasteiger partial charge in [-0.15, -0.1) is 0 Å². The van der Waals surface area contributed by atoms with Gasteiger partial charge in [0.25, 0.3) is 0 Å². The first-order chi connectivity index (χ1) is 15.5. The lowest BCUT2D eigenvalue weighted by Crippen LogP contribution is -2.49. The summed E-state index contributed by atoms with van der Waals surface area (Å²) in [6.07, 6.45) is 10.1. The van der Waals surface area contributed by atoms with Crippen molar-refractivity contribution >= 4 is 34.2 Å². The number of nitrogens with one attached hydrogen (secondary N) is 1. The summed E-state index contributed by atoms with van der Waals surface area (Å²) in [5.74, 6) is 2.77. The third-order valence-corrected chi connectivity index (χ3v) is 8.67. The minimum atomic E-state index is -1.31. The largest absolute Gasteiger partial charge is 0.463 e. The van der Waals surface area contributed by atoms with Gasteiger partial charge in [-0.25, -0.2) is 9.97 Å². The molecular formula is C21H25ClN6O3S. The predicted molar refractivity (Wildman–Crippen MR) is 120 cm³/mol. The lowest BCUT2D eigenvalue weighted by molar-refractivity contribution is 0.143. The van der Waals surface area contributed by atoms with Gasteiger partial charge in [-0.05, 0) is 44.9 Å². The number of anilines is 2. The molecule has 1 aliphatic carbocycles. The molecule has 0 radical (unpaired) electrons. The van der Waals surface area contributed by atoms with Crippen molar-refractivity contribution in [1.82, 2.24) is 19.9 Å². The van der Waals surface area contributed by atoms with Crippen molar-refractivity contribution in [2.75, 3.05) is 22.8 Å². The highest BCUT2D eigenvalue weighted by atomic mass is 35.5. The molecule has 2 N–H and O–H groups in total. The highest BCUT2D eigenvalue weighted by Gasteiger charge is 2.45. The van der Waals surface area contributed by atoms with Crippen molar-refractivity contribution in [2.45, 2.75) is 73.4 Å². The molecule has 4 aliphatic rings. The molecule has 1 saturated carbocycles. The van der Waals surface area contributed by atoms with Gasteiger partial charge < -0.3 is 20.1 Å². The Bertz CT molecular complexity index is 1050. The Morgan fingerprint density at radius 3 is 2.56 bits per heavy atom. The van der Waals surface area contributed by atoms with Crippen molar-refractivity contribution in [2.24, 2.45) is 0 Å². The summed E-state index contributed by atoms with van der Waals surface area (Å²) in [7, 11) is -1.31. The quantitative estimate of drug-likeness (QED) is 0.672. The first-order valence-corrected chi connectivity index (χ1v) is 12.8. The van der Waals surface area contributed by atoms with Gasteiger partial charge in [0.1, 0.15) is 21.5 Å². The molecule has 2 saturated heterocycles. The van der Waals surface area contributed by atoms with E-state index in [0.717, 1.165) is 50.8 Å². The van der Waals surface area contributed by atoms with E-state index in [1.165, 1.54) is 0 Å². The van der Waals surface area contributed by atoms with Crippen molar-refractivity contribution in [3.8, 4) is 5.88 Å².